The van der Waals surface area contributed by atoms with Gasteiger partial charge in [-0.25, -0.2) is 9.97 Å². The number of aryl methyl sites for hydroxylation is 1. The highest BCUT2D eigenvalue weighted by Gasteiger charge is 2.25. The zero-order valence-electron chi connectivity index (χ0n) is 19.1. The SMILES string of the molecule is Cc1cc(N2CCN(C(=O)c3ccc(COc4ccccc4C#N)o3)CC2)nc(C(C)C)n1. The zero-order chi connectivity index (χ0) is 23.4. The fourth-order valence-electron chi connectivity index (χ4n) is 3.69. The molecule has 0 bridgehead atoms. The second-order valence-corrected chi connectivity index (χ2v) is 8.32. The molecular formula is C25H27N5O3. The minimum Gasteiger partial charge on any atom is -0.484 e. The van der Waals surface area contributed by atoms with Crippen molar-refractivity contribution in [3.63, 3.8) is 0 Å². The average molecular weight is 446 g/mol. The molecule has 4 rings (SSSR count). The quantitative estimate of drug-likeness (QED) is 0.567. The van der Waals surface area contributed by atoms with Gasteiger partial charge in [-0.15, -0.1) is 0 Å². The van der Waals surface area contributed by atoms with Crippen LogP contribution in [0, 0.1) is 18.3 Å². The van der Waals surface area contributed by atoms with Crippen LogP contribution in [0.4, 0.5) is 5.82 Å². The number of furan rings is 1. The fourth-order valence-corrected chi connectivity index (χ4v) is 3.69. The van der Waals surface area contributed by atoms with Gasteiger partial charge in [0.2, 0.25) is 0 Å². The van der Waals surface area contributed by atoms with Crippen molar-refractivity contribution in [1.82, 2.24) is 14.9 Å². The zero-order valence-corrected chi connectivity index (χ0v) is 19.1. The van der Waals surface area contributed by atoms with Crippen LogP contribution in [-0.4, -0.2) is 47.0 Å². The average Bonchev–Trinajstić information content (AvgIpc) is 3.31. The molecule has 8 heteroatoms. The molecule has 1 amide bonds. The predicted molar refractivity (Wildman–Crippen MR) is 123 cm³/mol. The van der Waals surface area contributed by atoms with Crippen molar-refractivity contribution >= 4 is 11.7 Å². The summed E-state index contributed by atoms with van der Waals surface area (Å²) in [6.07, 6.45) is 0. The van der Waals surface area contributed by atoms with E-state index in [0.29, 0.717) is 43.3 Å². The molecule has 170 valence electrons. The van der Waals surface area contributed by atoms with E-state index >= 15 is 0 Å². The summed E-state index contributed by atoms with van der Waals surface area (Å²) in [4.78, 5) is 26.1. The minimum absolute atomic E-state index is 0.139. The Bertz CT molecular complexity index is 1170. The molecule has 1 aliphatic rings. The highest BCUT2D eigenvalue weighted by Crippen LogP contribution is 2.21. The molecule has 3 heterocycles. The molecule has 1 aromatic carbocycles. The van der Waals surface area contributed by atoms with Crippen LogP contribution in [0.5, 0.6) is 5.75 Å². The number of aromatic nitrogens is 2. The highest BCUT2D eigenvalue weighted by atomic mass is 16.5. The van der Waals surface area contributed by atoms with E-state index in [1.165, 1.54) is 0 Å². The van der Waals surface area contributed by atoms with E-state index in [9.17, 15) is 4.79 Å². The Morgan fingerprint density at radius 3 is 2.64 bits per heavy atom. The number of nitriles is 1. The molecular weight excluding hydrogens is 418 g/mol. The largest absolute Gasteiger partial charge is 0.484 e. The second-order valence-electron chi connectivity index (χ2n) is 8.32. The first-order valence-corrected chi connectivity index (χ1v) is 11.0. The standard InChI is InChI=1S/C25H27N5O3/c1-17(2)24-27-18(3)14-23(28-24)29-10-12-30(13-11-29)25(31)22-9-8-20(33-22)16-32-21-7-5-4-6-19(21)15-26/h4-9,14,17H,10-13,16H2,1-3H3. The maximum absolute atomic E-state index is 12.9. The van der Waals surface area contributed by atoms with Gasteiger partial charge in [-0.2, -0.15) is 5.26 Å². The maximum Gasteiger partial charge on any atom is 0.289 e. The van der Waals surface area contributed by atoms with Crippen molar-refractivity contribution in [2.75, 3.05) is 31.1 Å². The third kappa shape index (κ3) is 5.14. The summed E-state index contributed by atoms with van der Waals surface area (Å²) < 4.78 is 11.4. The molecule has 3 aromatic rings. The summed E-state index contributed by atoms with van der Waals surface area (Å²) in [6, 6.07) is 14.5. The molecule has 1 aliphatic heterocycles. The van der Waals surface area contributed by atoms with Gasteiger partial charge in [0.15, 0.2) is 5.76 Å². The smallest absolute Gasteiger partial charge is 0.289 e. The lowest BCUT2D eigenvalue weighted by Crippen LogP contribution is -2.49. The molecule has 1 saturated heterocycles. The first-order chi connectivity index (χ1) is 15.9. The summed E-state index contributed by atoms with van der Waals surface area (Å²) in [5.41, 5.74) is 1.41. The number of anilines is 1. The van der Waals surface area contributed by atoms with Gasteiger partial charge in [0.05, 0.1) is 5.56 Å². The van der Waals surface area contributed by atoms with Crippen LogP contribution in [-0.2, 0) is 6.61 Å². The van der Waals surface area contributed by atoms with E-state index < -0.39 is 0 Å². The molecule has 0 atom stereocenters. The lowest BCUT2D eigenvalue weighted by molar-refractivity contribution is 0.0710. The lowest BCUT2D eigenvalue weighted by atomic mass is 10.2. The van der Waals surface area contributed by atoms with Gasteiger partial charge in [0.25, 0.3) is 5.91 Å². The van der Waals surface area contributed by atoms with Crippen molar-refractivity contribution in [1.29, 1.82) is 5.26 Å². The number of carbonyl (C=O) groups excluding carboxylic acids is 1. The van der Waals surface area contributed by atoms with Crippen LogP contribution in [0.3, 0.4) is 0 Å². The number of amides is 1. The van der Waals surface area contributed by atoms with Gasteiger partial charge in [0, 0.05) is 43.9 Å². The monoisotopic (exact) mass is 445 g/mol. The van der Waals surface area contributed by atoms with E-state index in [2.05, 4.69) is 29.8 Å². The van der Waals surface area contributed by atoms with E-state index in [1.54, 1.807) is 41.3 Å². The molecule has 0 spiro atoms. The Morgan fingerprint density at radius 2 is 1.91 bits per heavy atom. The van der Waals surface area contributed by atoms with Crippen LogP contribution < -0.4 is 9.64 Å². The number of nitrogens with zero attached hydrogens (tertiary/aromatic N) is 5. The Kier molecular flexibility index (Phi) is 6.59. The second kappa shape index (κ2) is 9.74. The van der Waals surface area contributed by atoms with Gasteiger partial charge in [-0.1, -0.05) is 26.0 Å². The summed E-state index contributed by atoms with van der Waals surface area (Å²) in [5.74, 6) is 3.18. The van der Waals surface area contributed by atoms with E-state index in [1.807, 2.05) is 13.0 Å². The fraction of sp³-hybridized carbons (Fsp3) is 0.360. The minimum atomic E-state index is -0.139. The van der Waals surface area contributed by atoms with Gasteiger partial charge in [-0.05, 0) is 31.2 Å². The number of piperazine rings is 1. The number of hydrogen-bond acceptors (Lipinski definition) is 7. The lowest BCUT2D eigenvalue weighted by Gasteiger charge is -2.35. The molecule has 2 aromatic heterocycles. The number of para-hydroxylation sites is 1. The maximum atomic E-state index is 12.9. The number of benzene rings is 1. The van der Waals surface area contributed by atoms with Crippen molar-refractivity contribution in [3.05, 3.63) is 71.1 Å². The molecule has 1 fully saturated rings. The van der Waals surface area contributed by atoms with Crippen LogP contribution in [0.2, 0.25) is 0 Å². The molecule has 0 unspecified atom stereocenters. The third-order valence-corrected chi connectivity index (χ3v) is 5.52. The van der Waals surface area contributed by atoms with E-state index in [-0.39, 0.29) is 24.2 Å². The third-order valence-electron chi connectivity index (χ3n) is 5.52. The van der Waals surface area contributed by atoms with E-state index in [4.69, 9.17) is 19.4 Å². The summed E-state index contributed by atoms with van der Waals surface area (Å²) in [5, 5.41) is 9.17. The molecule has 33 heavy (non-hydrogen) atoms. The first-order valence-electron chi connectivity index (χ1n) is 11.0. The molecule has 0 aliphatic carbocycles. The molecule has 0 radical (unpaired) electrons. The highest BCUT2D eigenvalue weighted by molar-refractivity contribution is 5.91. The topological polar surface area (TPSA) is 95.5 Å². The normalized spacial score (nSPS) is 13.8. The Balaban J connectivity index is 1.35. The van der Waals surface area contributed by atoms with Crippen molar-refractivity contribution in [2.45, 2.75) is 33.3 Å². The van der Waals surface area contributed by atoms with Gasteiger partial charge >= 0.3 is 0 Å². The summed E-state index contributed by atoms with van der Waals surface area (Å²) in [6.45, 7) is 8.85. The number of hydrogen-bond donors (Lipinski definition) is 0. The molecule has 0 N–H and O–H groups in total. The molecule has 0 saturated carbocycles. The number of ether oxygens (including phenoxy) is 1. The van der Waals surface area contributed by atoms with Crippen LogP contribution in [0.15, 0.2) is 46.9 Å². The number of rotatable bonds is 6. The predicted octanol–water partition coefficient (Wildman–Crippen LogP) is 3.91. The molecule has 8 nitrogen and oxygen atoms in total. The van der Waals surface area contributed by atoms with Crippen LogP contribution in [0.1, 0.15) is 53.2 Å². The first kappa shape index (κ1) is 22.3. The van der Waals surface area contributed by atoms with Gasteiger partial charge < -0.3 is 19.0 Å². The van der Waals surface area contributed by atoms with E-state index in [0.717, 1.165) is 17.3 Å². The summed E-state index contributed by atoms with van der Waals surface area (Å²) in [7, 11) is 0. The van der Waals surface area contributed by atoms with Crippen LogP contribution >= 0.6 is 0 Å². The summed E-state index contributed by atoms with van der Waals surface area (Å²) >= 11 is 0. The van der Waals surface area contributed by atoms with Crippen molar-refractivity contribution in [3.8, 4) is 11.8 Å². The Labute approximate surface area is 193 Å². The van der Waals surface area contributed by atoms with Gasteiger partial charge in [-0.3, -0.25) is 4.79 Å². The van der Waals surface area contributed by atoms with Crippen molar-refractivity contribution < 1.29 is 13.9 Å². The Hall–Kier alpha value is -3.86. The van der Waals surface area contributed by atoms with Gasteiger partial charge in [0.1, 0.15) is 35.8 Å². The van der Waals surface area contributed by atoms with Crippen molar-refractivity contribution in [2.24, 2.45) is 0 Å². The van der Waals surface area contributed by atoms with Crippen LogP contribution in [0.25, 0.3) is 0 Å². The number of carbonyl (C=O) groups is 1. The Morgan fingerprint density at radius 1 is 1.15 bits per heavy atom.